The number of aromatic amines is 1. The molecule has 1 aromatic heterocycles. The van der Waals surface area contributed by atoms with Gasteiger partial charge in [0.1, 0.15) is 10.8 Å². The minimum atomic E-state index is -0.384. The highest BCUT2D eigenvalue weighted by Crippen LogP contribution is 2.11. The van der Waals surface area contributed by atoms with Crippen LogP contribution in [0.3, 0.4) is 0 Å². The van der Waals surface area contributed by atoms with Crippen molar-refractivity contribution in [1.82, 2.24) is 4.98 Å². The van der Waals surface area contributed by atoms with Crippen molar-refractivity contribution in [3.8, 4) is 0 Å². The Morgan fingerprint density at radius 1 is 1.38 bits per heavy atom. The lowest BCUT2D eigenvalue weighted by Gasteiger charge is -1.97. The van der Waals surface area contributed by atoms with Gasteiger partial charge in [-0.05, 0) is 18.2 Å². The first-order valence-electron chi connectivity index (χ1n) is 3.65. The maximum Gasteiger partial charge on any atom is 0.207 e. The van der Waals surface area contributed by atoms with Crippen LogP contribution in [-0.2, 0) is 0 Å². The van der Waals surface area contributed by atoms with Gasteiger partial charge in [-0.2, -0.15) is 0 Å². The van der Waals surface area contributed by atoms with Crippen molar-refractivity contribution in [1.29, 1.82) is 0 Å². The number of hydrogen-bond donors (Lipinski definition) is 1. The first-order valence-corrected chi connectivity index (χ1v) is 4.03. The normalized spacial score (nSPS) is 10.6. The van der Waals surface area contributed by atoms with Gasteiger partial charge in [-0.25, -0.2) is 4.39 Å². The highest BCUT2D eigenvalue weighted by Gasteiger charge is 2.02. The second-order valence-electron chi connectivity index (χ2n) is 2.66. The molecule has 1 aromatic carbocycles. The molecular formula is C9H5ClFNO. The summed E-state index contributed by atoms with van der Waals surface area (Å²) in [7, 11) is 0. The Morgan fingerprint density at radius 3 is 2.92 bits per heavy atom. The topological polar surface area (TPSA) is 32.9 Å². The van der Waals surface area contributed by atoms with Gasteiger partial charge in [-0.1, -0.05) is 11.6 Å². The molecule has 1 heterocycles. The van der Waals surface area contributed by atoms with Gasteiger partial charge in [0.15, 0.2) is 0 Å². The number of hydrogen-bond acceptors (Lipinski definition) is 1. The van der Waals surface area contributed by atoms with Gasteiger partial charge in [0, 0.05) is 11.6 Å². The molecule has 1 N–H and O–H groups in total. The third kappa shape index (κ3) is 1.31. The second-order valence-corrected chi connectivity index (χ2v) is 3.06. The average molecular weight is 198 g/mol. The Labute approximate surface area is 78.0 Å². The Morgan fingerprint density at radius 2 is 2.15 bits per heavy atom. The van der Waals surface area contributed by atoms with Crippen LogP contribution in [0.25, 0.3) is 10.9 Å². The molecule has 0 saturated heterocycles. The van der Waals surface area contributed by atoms with Gasteiger partial charge in [-0.3, -0.25) is 4.79 Å². The van der Waals surface area contributed by atoms with E-state index in [1.807, 2.05) is 0 Å². The Balaban J connectivity index is 2.95. The summed E-state index contributed by atoms with van der Waals surface area (Å²) >= 11 is 5.59. The minimum Gasteiger partial charge on any atom is -0.359 e. The van der Waals surface area contributed by atoms with E-state index in [-0.39, 0.29) is 16.3 Å². The third-order valence-electron chi connectivity index (χ3n) is 1.80. The summed E-state index contributed by atoms with van der Waals surface area (Å²) in [6.45, 7) is 0. The first kappa shape index (κ1) is 8.26. The molecule has 0 amide bonds. The molecule has 0 unspecified atom stereocenters. The van der Waals surface area contributed by atoms with E-state index in [2.05, 4.69) is 4.98 Å². The lowest BCUT2D eigenvalue weighted by Crippen LogP contribution is -2.02. The fraction of sp³-hybridized carbons (Fsp3) is 0. The lowest BCUT2D eigenvalue weighted by atomic mass is 10.2. The van der Waals surface area contributed by atoms with Crippen LogP contribution < -0.4 is 5.43 Å². The van der Waals surface area contributed by atoms with Gasteiger partial charge < -0.3 is 4.98 Å². The summed E-state index contributed by atoms with van der Waals surface area (Å²) in [5.74, 6) is -0.384. The standard InChI is InChI=1S/C9H5ClFNO/c10-7-4-12-8-3-5(11)1-2-6(8)9(7)13/h1-4H,(H,12,13). The second kappa shape index (κ2) is 2.85. The van der Waals surface area contributed by atoms with Gasteiger partial charge in [-0.15, -0.1) is 0 Å². The van der Waals surface area contributed by atoms with Crippen molar-refractivity contribution in [2.75, 3.05) is 0 Å². The van der Waals surface area contributed by atoms with E-state index in [0.29, 0.717) is 10.9 Å². The maximum absolute atomic E-state index is 12.7. The highest BCUT2D eigenvalue weighted by molar-refractivity contribution is 6.30. The quantitative estimate of drug-likeness (QED) is 0.691. The van der Waals surface area contributed by atoms with Crippen molar-refractivity contribution in [3.63, 3.8) is 0 Å². The fourth-order valence-electron chi connectivity index (χ4n) is 1.17. The van der Waals surface area contributed by atoms with E-state index in [0.717, 1.165) is 0 Å². The molecule has 4 heteroatoms. The Bertz CT molecular complexity index is 520. The van der Waals surface area contributed by atoms with Crippen LogP contribution in [-0.4, -0.2) is 4.98 Å². The van der Waals surface area contributed by atoms with Crippen molar-refractivity contribution >= 4 is 22.5 Å². The molecule has 0 fully saturated rings. The molecular weight excluding hydrogens is 193 g/mol. The number of rotatable bonds is 0. The highest BCUT2D eigenvalue weighted by atomic mass is 35.5. The molecule has 0 aliphatic rings. The van der Waals surface area contributed by atoms with Crippen molar-refractivity contribution < 1.29 is 4.39 Å². The molecule has 0 saturated carbocycles. The maximum atomic E-state index is 12.7. The van der Waals surface area contributed by atoms with Crippen LogP contribution in [0.5, 0.6) is 0 Å². The summed E-state index contributed by atoms with van der Waals surface area (Å²) in [4.78, 5) is 14.1. The molecule has 13 heavy (non-hydrogen) atoms. The molecule has 0 aliphatic carbocycles. The van der Waals surface area contributed by atoms with Crippen LogP contribution in [0, 0.1) is 5.82 Å². The number of H-pyrrole nitrogens is 1. The van der Waals surface area contributed by atoms with Crippen LogP contribution in [0.15, 0.2) is 29.2 Å². The van der Waals surface area contributed by atoms with Crippen LogP contribution in [0.4, 0.5) is 4.39 Å². The zero-order chi connectivity index (χ0) is 9.42. The van der Waals surface area contributed by atoms with Gasteiger partial charge in [0.05, 0.1) is 5.52 Å². The van der Waals surface area contributed by atoms with Gasteiger partial charge in [0.25, 0.3) is 0 Å². The SMILES string of the molecule is O=c1c(Cl)c[nH]c2cc(F)ccc12. The number of benzene rings is 1. The molecule has 0 radical (unpaired) electrons. The molecule has 0 aliphatic heterocycles. The molecule has 0 spiro atoms. The smallest absolute Gasteiger partial charge is 0.207 e. The minimum absolute atomic E-state index is 0.110. The Kier molecular flexibility index (Phi) is 1.81. The van der Waals surface area contributed by atoms with Crippen molar-refractivity contribution in [3.05, 3.63) is 45.5 Å². The summed E-state index contributed by atoms with van der Waals surface area (Å²) in [6.07, 6.45) is 1.35. The lowest BCUT2D eigenvalue weighted by molar-refractivity contribution is 0.629. The first-order chi connectivity index (χ1) is 6.18. The average Bonchev–Trinajstić information content (AvgIpc) is 2.12. The summed E-state index contributed by atoms with van der Waals surface area (Å²) < 4.78 is 12.7. The third-order valence-corrected chi connectivity index (χ3v) is 2.08. The van der Waals surface area contributed by atoms with E-state index >= 15 is 0 Å². The molecule has 2 aromatic rings. The number of fused-ring (bicyclic) bond motifs is 1. The molecule has 0 bridgehead atoms. The van der Waals surface area contributed by atoms with E-state index in [1.165, 1.54) is 24.4 Å². The van der Waals surface area contributed by atoms with Crippen LogP contribution in [0.2, 0.25) is 5.02 Å². The predicted molar refractivity (Wildman–Crippen MR) is 49.5 cm³/mol. The predicted octanol–water partition coefficient (Wildman–Crippen LogP) is 2.32. The molecule has 2 rings (SSSR count). The van der Waals surface area contributed by atoms with Crippen molar-refractivity contribution in [2.24, 2.45) is 0 Å². The molecule has 66 valence electrons. The van der Waals surface area contributed by atoms with Crippen LogP contribution in [0.1, 0.15) is 0 Å². The summed E-state index contributed by atoms with van der Waals surface area (Å²) in [5, 5.41) is 0.507. The Hall–Kier alpha value is -1.35. The monoisotopic (exact) mass is 197 g/mol. The number of halogens is 2. The number of aromatic nitrogens is 1. The van der Waals surface area contributed by atoms with Gasteiger partial charge in [0.2, 0.25) is 5.43 Å². The van der Waals surface area contributed by atoms with Crippen molar-refractivity contribution in [2.45, 2.75) is 0 Å². The largest absolute Gasteiger partial charge is 0.359 e. The van der Waals surface area contributed by atoms with E-state index < -0.39 is 0 Å². The van der Waals surface area contributed by atoms with E-state index in [1.54, 1.807) is 0 Å². The summed E-state index contributed by atoms with van der Waals surface area (Å²) in [6, 6.07) is 3.90. The number of nitrogens with one attached hydrogen (secondary N) is 1. The molecule has 2 nitrogen and oxygen atoms in total. The zero-order valence-corrected chi connectivity index (χ0v) is 7.23. The fourth-order valence-corrected chi connectivity index (χ4v) is 1.33. The zero-order valence-electron chi connectivity index (χ0n) is 6.47. The van der Waals surface area contributed by atoms with Crippen LogP contribution >= 0.6 is 11.6 Å². The van der Waals surface area contributed by atoms with Gasteiger partial charge >= 0.3 is 0 Å². The molecule has 0 atom stereocenters. The summed E-state index contributed by atoms with van der Waals surface area (Å²) in [5.41, 5.74) is 0.171. The number of pyridine rings is 1. The van der Waals surface area contributed by atoms with E-state index in [4.69, 9.17) is 11.6 Å². The van der Waals surface area contributed by atoms with E-state index in [9.17, 15) is 9.18 Å².